The highest BCUT2D eigenvalue weighted by Gasteiger charge is 2.23. The van der Waals surface area contributed by atoms with E-state index in [4.69, 9.17) is 4.74 Å². The fraction of sp³-hybridized carbons (Fsp3) is 0.375. The molecule has 3 rings (SSSR count). The molecule has 1 aliphatic rings. The van der Waals surface area contributed by atoms with Gasteiger partial charge in [0.25, 0.3) is 5.91 Å². The van der Waals surface area contributed by atoms with E-state index in [1.165, 1.54) is 0 Å². The van der Waals surface area contributed by atoms with Gasteiger partial charge in [0, 0.05) is 37.4 Å². The van der Waals surface area contributed by atoms with Crippen LogP contribution in [-0.2, 0) is 0 Å². The van der Waals surface area contributed by atoms with Crippen LogP contribution in [0.15, 0.2) is 24.3 Å². The van der Waals surface area contributed by atoms with Crippen LogP contribution in [0.3, 0.4) is 0 Å². The Balaban J connectivity index is 1.88. The van der Waals surface area contributed by atoms with Crippen LogP contribution in [0.2, 0.25) is 0 Å². The lowest BCUT2D eigenvalue weighted by Gasteiger charge is -2.26. The van der Waals surface area contributed by atoms with Gasteiger partial charge in [0.15, 0.2) is 0 Å². The Morgan fingerprint density at radius 2 is 2.09 bits per heavy atom. The largest absolute Gasteiger partial charge is 0.497 e. The van der Waals surface area contributed by atoms with Gasteiger partial charge in [-0.05, 0) is 19.1 Å². The Bertz CT molecular complexity index is 675. The highest BCUT2D eigenvalue weighted by atomic mass is 16.5. The molecule has 1 fully saturated rings. The number of nitrogens with zero attached hydrogens (tertiary/aromatic N) is 2. The van der Waals surface area contributed by atoms with E-state index in [1.54, 1.807) is 7.11 Å². The minimum absolute atomic E-state index is 0.00982. The second kappa shape index (κ2) is 6.19. The first-order valence-corrected chi connectivity index (χ1v) is 7.40. The average molecular weight is 300 g/mol. The lowest BCUT2D eigenvalue weighted by atomic mass is 10.2. The van der Waals surface area contributed by atoms with Crippen molar-refractivity contribution in [3.05, 3.63) is 35.7 Å². The van der Waals surface area contributed by atoms with Gasteiger partial charge in [0.1, 0.15) is 17.3 Å². The number of aromatic amines is 1. The van der Waals surface area contributed by atoms with Gasteiger partial charge in [0.2, 0.25) is 0 Å². The third-order valence-electron chi connectivity index (χ3n) is 3.83. The lowest BCUT2D eigenvalue weighted by molar-refractivity contribution is 0.0729. The Labute approximate surface area is 129 Å². The van der Waals surface area contributed by atoms with Crippen LogP contribution >= 0.6 is 0 Å². The molecule has 2 heterocycles. The molecule has 6 heteroatoms. The quantitative estimate of drug-likeness (QED) is 0.900. The fourth-order valence-corrected chi connectivity index (χ4v) is 2.59. The molecule has 2 N–H and O–H groups in total. The maximum absolute atomic E-state index is 12.6. The molecule has 116 valence electrons. The number of nitrogens with one attached hydrogen (secondary N) is 2. The number of carbonyl (C=O) groups is 1. The first-order valence-electron chi connectivity index (χ1n) is 7.40. The normalized spacial score (nSPS) is 14.9. The number of hydrogen-bond acceptors (Lipinski definition) is 4. The van der Waals surface area contributed by atoms with Gasteiger partial charge in [0.05, 0.1) is 7.11 Å². The van der Waals surface area contributed by atoms with E-state index in [2.05, 4.69) is 15.3 Å². The maximum atomic E-state index is 12.6. The summed E-state index contributed by atoms with van der Waals surface area (Å²) in [5, 5.41) is 3.24. The molecule has 0 bridgehead atoms. The number of piperazine rings is 1. The topological polar surface area (TPSA) is 70.2 Å². The smallest absolute Gasteiger partial charge is 0.274 e. The summed E-state index contributed by atoms with van der Waals surface area (Å²) in [6, 6.07) is 7.63. The standard InChI is InChI=1S/C16H20N4O2/c1-11-14(16(21)20-8-6-17-7-9-20)19-15(18-11)12-4-3-5-13(10-12)22-2/h3-5,10,17H,6-9H2,1-2H3,(H,18,19). The zero-order valence-corrected chi connectivity index (χ0v) is 12.8. The molecule has 0 saturated carbocycles. The molecule has 22 heavy (non-hydrogen) atoms. The van der Waals surface area contributed by atoms with E-state index >= 15 is 0 Å². The number of aromatic nitrogens is 2. The van der Waals surface area contributed by atoms with Crippen LogP contribution in [0.1, 0.15) is 16.2 Å². The summed E-state index contributed by atoms with van der Waals surface area (Å²) >= 11 is 0. The van der Waals surface area contributed by atoms with Crippen LogP contribution in [0, 0.1) is 6.92 Å². The zero-order valence-electron chi connectivity index (χ0n) is 12.8. The number of methoxy groups -OCH3 is 1. The van der Waals surface area contributed by atoms with Crippen molar-refractivity contribution in [2.45, 2.75) is 6.92 Å². The van der Waals surface area contributed by atoms with Crippen LogP contribution in [0.5, 0.6) is 5.75 Å². The first-order chi connectivity index (χ1) is 10.7. The number of ether oxygens (including phenoxy) is 1. The number of aryl methyl sites for hydroxylation is 1. The number of H-pyrrole nitrogens is 1. The van der Waals surface area contributed by atoms with Crippen molar-refractivity contribution < 1.29 is 9.53 Å². The monoisotopic (exact) mass is 300 g/mol. The van der Waals surface area contributed by atoms with Gasteiger partial charge in [-0.2, -0.15) is 0 Å². The molecule has 0 aliphatic carbocycles. The number of imidazole rings is 1. The molecule has 6 nitrogen and oxygen atoms in total. The molecule has 1 saturated heterocycles. The van der Waals surface area contributed by atoms with E-state index in [1.807, 2.05) is 36.1 Å². The molecular weight excluding hydrogens is 280 g/mol. The summed E-state index contributed by atoms with van der Waals surface area (Å²) in [6.07, 6.45) is 0. The van der Waals surface area contributed by atoms with Crippen LogP contribution < -0.4 is 10.1 Å². The van der Waals surface area contributed by atoms with Crippen molar-refractivity contribution in [3.8, 4) is 17.1 Å². The van der Waals surface area contributed by atoms with Crippen LogP contribution in [0.25, 0.3) is 11.4 Å². The van der Waals surface area contributed by atoms with Crippen molar-refractivity contribution in [3.63, 3.8) is 0 Å². The number of rotatable bonds is 3. The summed E-state index contributed by atoms with van der Waals surface area (Å²) in [4.78, 5) is 22.1. The third-order valence-corrected chi connectivity index (χ3v) is 3.83. The molecule has 0 radical (unpaired) electrons. The number of hydrogen-bond donors (Lipinski definition) is 2. The summed E-state index contributed by atoms with van der Waals surface area (Å²) in [7, 11) is 1.63. The predicted molar refractivity (Wildman–Crippen MR) is 84.1 cm³/mol. The van der Waals surface area contributed by atoms with E-state index in [9.17, 15) is 4.79 Å². The molecule has 2 aromatic rings. The number of benzene rings is 1. The Morgan fingerprint density at radius 3 is 2.82 bits per heavy atom. The van der Waals surface area contributed by atoms with Gasteiger partial charge >= 0.3 is 0 Å². The van der Waals surface area contributed by atoms with Crippen molar-refractivity contribution in [2.75, 3.05) is 33.3 Å². The van der Waals surface area contributed by atoms with Gasteiger partial charge in [-0.3, -0.25) is 4.79 Å². The van der Waals surface area contributed by atoms with Crippen LogP contribution in [-0.4, -0.2) is 54.1 Å². The van der Waals surface area contributed by atoms with E-state index < -0.39 is 0 Å². The van der Waals surface area contributed by atoms with E-state index in [-0.39, 0.29) is 5.91 Å². The second-order valence-corrected chi connectivity index (χ2v) is 5.33. The highest BCUT2D eigenvalue weighted by Crippen LogP contribution is 2.23. The first kappa shape index (κ1) is 14.6. The van der Waals surface area contributed by atoms with Gasteiger partial charge in [-0.25, -0.2) is 4.98 Å². The van der Waals surface area contributed by atoms with Crippen molar-refractivity contribution in [1.82, 2.24) is 20.2 Å². The van der Waals surface area contributed by atoms with Crippen molar-refractivity contribution >= 4 is 5.91 Å². The fourth-order valence-electron chi connectivity index (χ4n) is 2.59. The SMILES string of the molecule is COc1cccc(-c2nc(C(=O)N3CCNCC3)c(C)[nH]2)c1. The Kier molecular flexibility index (Phi) is 4.11. The molecule has 0 spiro atoms. The summed E-state index contributed by atoms with van der Waals surface area (Å²) in [6.45, 7) is 4.99. The number of amides is 1. The minimum atomic E-state index is -0.00982. The summed E-state index contributed by atoms with van der Waals surface area (Å²) in [5.74, 6) is 1.45. The predicted octanol–water partition coefficient (Wildman–Crippen LogP) is 1.44. The molecule has 1 aromatic heterocycles. The highest BCUT2D eigenvalue weighted by molar-refractivity contribution is 5.94. The lowest BCUT2D eigenvalue weighted by Crippen LogP contribution is -2.46. The molecule has 1 aromatic carbocycles. The average Bonchev–Trinajstić information content (AvgIpc) is 2.97. The summed E-state index contributed by atoms with van der Waals surface area (Å²) < 4.78 is 5.23. The third kappa shape index (κ3) is 2.82. The van der Waals surface area contributed by atoms with E-state index in [0.29, 0.717) is 11.5 Å². The van der Waals surface area contributed by atoms with Crippen molar-refractivity contribution in [2.24, 2.45) is 0 Å². The minimum Gasteiger partial charge on any atom is -0.497 e. The van der Waals surface area contributed by atoms with E-state index in [0.717, 1.165) is 43.2 Å². The molecule has 1 amide bonds. The molecule has 0 unspecified atom stereocenters. The second-order valence-electron chi connectivity index (χ2n) is 5.33. The maximum Gasteiger partial charge on any atom is 0.274 e. The van der Waals surface area contributed by atoms with Crippen molar-refractivity contribution in [1.29, 1.82) is 0 Å². The summed E-state index contributed by atoms with van der Waals surface area (Å²) in [5.41, 5.74) is 2.20. The molecule has 1 aliphatic heterocycles. The van der Waals surface area contributed by atoms with Gasteiger partial charge in [-0.1, -0.05) is 12.1 Å². The molecular formula is C16H20N4O2. The Morgan fingerprint density at radius 1 is 1.32 bits per heavy atom. The Hall–Kier alpha value is -2.34. The van der Waals surface area contributed by atoms with Gasteiger partial charge in [-0.15, -0.1) is 0 Å². The van der Waals surface area contributed by atoms with Gasteiger partial charge < -0.3 is 19.9 Å². The van der Waals surface area contributed by atoms with Crippen LogP contribution in [0.4, 0.5) is 0 Å². The number of carbonyl (C=O) groups excluding carboxylic acids is 1. The zero-order chi connectivity index (χ0) is 15.5. The molecule has 0 atom stereocenters.